The minimum absolute atomic E-state index is 0. The molecule has 0 spiro atoms. The summed E-state index contributed by atoms with van der Waals surface area (Å²) in [7, 11) is 4.00. The van der Waals surface area contributed by atoms with Gasteiger partial charge in [-0.3, -0.25) is 40.0 Å². The zero-order valence-corrected chi connectivity index (χ0v) is 38.5. The molecule has 0 unspecified atom stereocenters. The van der Waals surface area contributed by atoms with Crippen LogP contribution in [-0.2, 0) is 44.6 Å². The monoisotopic (exact) mass is 976 g/mol. The normalized spacial score (nSPS) is 18.5. The van der Waals surface area contributed by atoms with Crippen molar-refractivity contribution in [3.63, 3.8) is 0 Å². The Bertz CT molecular complexity index is 2900. The van der Waals surface area contributed by atoms with Crippen molar-refractivity contribution in [3.05, 3.63) is 149 Å². The molecule has 5 aliphatic rings. The quantitative estimate of drug-likeness (QED) is 0.0934. The first-order chi connectivity index (χ1) is 31.1. The molecule has 0 saturated carbocycles. The Morgan fingerprint density at radius 2 is 1.38 bits per heavy atom. The maximum absolute atomic E-state index is 10.9. The van der Waals surface area contributed by atoms with E-state index in [9.17, 15) is 40.0 Å². The molecule has 3 aliphatic heterocycles. The van der Waals surface area contributed by atoms with E-state index in [0.717, 1.165) is 59.4 Å². The van der Waals surface area contributed by atoms with Crippen LogP contribution >= 0.6 is 22.7 Å². The van der Waals surface area contributed by atoms with Gasteiger partial charge in [0.15, 0.2) is 17.3 Å². The number of rotatable bonds is 7. The molecule has 5 heterocycles. The Kier molecular flexibility index (Phi) is 15.2. The van der Waals surface area contributed by atoms with E-state index in [0.29, 0.717) is 0 Å². The number of aryl methyl sites for hydroxylation is 1. The number of aliphatic hydroxyl groups is 2. The van der Waals surface area contributed by atoms with Gasteiger partial charge in [0.2, 0.25) is 5.69 Å². The smallest absolute Gasteiger partial charge is 0.319 e. The summed E-state index contributed by atoms with van der Waals surface area (Å²) < 4.78 is 8.31. The van der Waals surface area contributed by atoms with E-state index in [1.165, 1.54) is 96.0 Å². The number of nitrogens with zero attached hydrogens (tertiary/aromatic N) is 10. The van der Waals surface area contributed by atoms with Gasteiger partial charge in [0.1, 0.15) is 35.7 Å². The second kappa shape index (κ2) is 20.8. The SMILES string of the molecule is COc1c(/C=C/C2=[N+](C)c3ccccc3C2(C)C)cc2c3c1CCCN3CCC2.O=C1C=CC(=NN=c2[n-]cc([N+](=O)[O-])s2)C(O)=C1.O=C1C=CC(=NN=c2[n-]cc([N+](=O)[O-])s2)C(O)=C1.[Co]. The Balaban J connectivity index is 0.000000171. The molecule has 0 bridgehead atoms. The predicted octanol–water partition coefficient (Wildman–Crippen LogP) is 6.01. The Hall–Kier alpha value is -7.14. The van der Waals surface area contributed by atoms with Gasteiger partial charge in [0.05, 0.1) is 22.4 Å². The minimum atomic E-state index is -0.583. The number of ketones is 2. The molecule has 2 aromatic heterocycles. The van der Waals surface area contributed by atoms with Crippen LogP contribution in [0.3, 0.4) is 0 Å². The number of thiazole rings is 2. The van der Waals surface area contributed by atoms with Crippen LogP contribution < -0.4 is 29.2 Å². The Labute approximate surface area is 394 Å². The maximum Gasteiger partial charge on any atom is 0.319 e. The summed E-state index contributed by atoms with van der Waals surface area (Å²) in [6, 6.07) is 11.1. The van der Waals surface area contributed by atoms with Gasteiger partial charge in [-0.2, -0.15) is 4.58 Å². The summed E-state index contributed by atoms with van der Waals surface area (Å²) >= 11 is 1.51. The van der Waals surface area contributed by atoms with Crippen LogP contribution in [0.2, 0.25) is 0 Å². The average molecular weight is 977 g/mol. The average Bonchev–Trinajstić information content (AvgIpc) is 4.01. The largest absolute Gasteiger partial charge is 0.506 e. The number of allylic oxidation sites excluding steroid dienone is 7. The molecule has 66 heavy (non-hydrogen) atoms. The second-order valence-corrected chi connectivity index (χ2v) is 17.3. The van der Waals surface area contributed by atoms with Crippen LogP contribution in [0.25, 0.3) is 6.08 Å². The van der Waals surface area contributed by atoms with E-state index in [2.05, 4.69) is 103 Å². The van der Waals surface area contributed by atoms with E-state index < -0.39 is 9.85 Å². The summed E-state index contributed by atoms with van der Waals surface area (Å²) in [6.07, 6.45) is 18.5. The zero-order valence-electron chi connectivity index (χ0n) is 35.8. The topological polar surface area (TPSA) is 254 Å². The molecule has 0 amide bonds. The van der Waals surface area contributed by atoms with E-state index in [4.69, 9.17) is 4.74 Å². The molecule has 0 fully saturated rings. The number of benzene rings is 2. The summed E-state index contributed by atoms with van der Waals surface area (Å²) in [4.78, 5) is 51.5. The van der Waals surface area contributed by atoms with Crippen LogP contribution in [0.4, 0.5) is 21.4 Å². The number of aromatic nitrogens is 2. The molecule has 2 aliphatic carbocycles. The number of carbonyl (C=O) groups excluding carboxylic acids is 2. The van der Waals surface area contributed by atoms with Gasteiger partial charge in [-0.15, -0.1) is 0 Å². The van der Waals surface area contributed by atoms with Gasteiger partial charge in [0, 0.05) is 98.5 Å². The van der Waals surface area contributed by atoms with Crippen molar-refractivity contribution in [1.29, 1.82) is 0 Å². The van der Waals surface area contributed by atoms with Crippen LogP contribution in [-0.4, -0.2) is 80.6 Å². The Morgan fingerprint density at radius 1 is 0.833 bits per heavy atom. The predicted molar refractivity (Wildman–Crippen MR) is 246 cm³/mol. The third kappa shape index (κ3) is 10.7. The fraction of sp³-hybridized carbons (Fsp3) is 0.250. The first-order valence-corrected chi connectivity index (χ1v) is 21.7. The molecule has 2 aromatic carbocycles. The number of methoxy groups -OCH3 is 1. The van der Waals surface area contributed by atoms with Crippen LogP contribution in [0.15, 0.2) is 117 Å². The van der Waals surface area contributed by atoms with E-state index in [-0.39, 0.29) is 76.3 Å². The second-order valence-electron chi connectivity index (χ2n) is 15.3. The maximum atomic E-state index is 10.9. The summed E-state index contributed by atoms with van der Waals surface area (Å²) in [5.41, 5.74) is 9.81. The molecule has 0 saturated heterocycles. The zero-order chi connectivity index (χ0) is 46.4. The first-order valence-electron chi connectivity index (χ1n) is 20.0. The van der Waals surface area contributed by atoms with Crippen LogP contribution in [0.1, 0.15) is 48.9 Å². The summed E-state index contributed by atoms with van der Waals surface area (Å²) in [5.74, 6) is -0.245. The molecule has 4 aromatic rings. The molecule has 1 radical (unpaired) electrons. The number of para-hydroxylation sites is 1. The number of nitro groups is 2. The van der Waals surface area contributed by atoms with Crippen molar-refractivity contribution in [2.75, 3.05) is 32.1 Å². The number of carbonyl (C=O) groups is 2. The summed E-state index contributed by atoms with van der Waals surface area (Å²) in [6.45, 7) is 7.02. The molecule has 19 nitrogen and oxygen atoms in total. The van der Waals surface area contributed by atoms with Crippen molar-refractivity contribution in [3.8, 4) is 5.75 Å². The van der Waals surface area contributed by atoms with E-state index >= 15 is 0 Å². The molecule has 343 valence electrons. The molecule has 9 rings (SSSR count). The molecule has 2 N–H and O–H groups in total. The third-order valence-electron chi connectivity index (χ3n) is 10.8. The third-order valence-corrected chi connectivity index (χ3v) is 12.4. The van der Waals surface area contributed by atoms with Gasteiger partial charge in [-0.05, 0) is 81.5 Å². The molecular formula is C44H41CoN10O9S2-. The number of aliphatic hydroxyl groups excluding tert-OH is 2. The fourth-order valence-electron chi connectivity index (χ4n) is 7.83. The van der Waals surface area contributed by atoms with Gasteiger partial charge >= 0.3 is 10.0 Å². The number of hydrogen-bond donors (Lipinski definition) is 2. The van der Waals surface area contributed by atoms with E-state index in [1.807, 2.05) is 7.11 Å². The molecule has 22 heteroatoms. The van der Waals surface area contributed by atoms with Gasteiger partial charge < -0.3 is 40.0 Å². The van der Waals surface area contributed by atoms with Crippen LogP contribution in [0.5, 0.6) is 5.75 Å². The molecule has 0 atom stereocenters. The van der Waals surface area contributed by atoms with Gasteiger partial charge in [0.25, 0.3) is 0 Å². The summed E-state index contributed by atoms with van der Waals surface area (Å²) in [5, 5.41) is 53.9. The van der Waals surface area contributed by atoms with Crippen LogP contribution in [0, 0.1) is 20.2 Å². The molecular weight excluding hydrogens is 936 g/mol. The fourth-order valence-corrected chi connectivity index (χ4v) is 8.94. The van der Waals surface area contributed by atoms with Crippen molar-refractivity contribution in [2.24, 2.45) is 20.4 Å². The number of ether oxygens (including phenoxy) is 1. The van der Waals surface area contributed by atoms with E-state index in [1.54, 1.807) is 0 Å². The van der Waals surface area contributed by atoms with Crippen molar-refractivity contribution in [1.82, 2.24) is 9.97 Å². The van der Waals surface area contributed by atoms with Crippen molar-refractivity contribution in [2.45, 2.75) is 44.9 Å². The van der Waals surface area contributed by atoms with Gasteiger partial charge in [-0.1, -0.05) is 40.9 Å². The standard InChI is InChI=1S/C26H31N2O.2C9H6N4O4S.Co/c1-26(2)21-11-5-6-12-22(21)27(3)23(26)14-13-19-17-18-9-7-15-28-16-8-10-20(24(18)28)25(19)29-4;2*14-5-1-2-6(7(15)3-5)11-12-9-10-4-8(18-9)13(16)17;/h5-6,11-14,17H,7-10,15-16H2,1-4H3;2*1-4H,(H2,10,12,14,15);/q+1;;;/p-2. The van der Waals surface area contributed by atoms with Crippen molar-refractivity contribution < 1.29 is 55.7 Å². The first kappa shape index (κ1) is 48.3. The number of fused-ring (bicyclic) bond motifs is 1. The van der Waals surface area contributed by atoms with Crippen molar-refractivity contribution >= 4 is 78.8 Å². The van der Waals surface area contributed by atoms with Gasteiger partial charge in [-0.25, -0.2) is 0 Å². The number of hydrogen-bond acceptors (Lipinski definition) is 16. The number of anilines is 1. The minimum Gasteiger partial charge on any atom is -0.506 e. The Morgan fingerprint density at radius 3 is 1.88 bits per heavy atom.